The first-order chi connectivity index (χ1) is 6.41. The second-order valence-corrected chi connectivity index (χ2v) is 2.89. The van der Waals surface area contributed by atoms with Gasteiger partial charge in [-0.1, -0.05) is 18.9 Å². The summed E-state index contributed by atoms with van der Waals surface area (Å²) in [4.78, 5) is 4.07. The minimum absolute atomic E-state index is 0.431. The van der Waals surface area contributed by atoms with Crippen molar-refractivity contribution in [2.45, 2.75) is 38.5 Å². The predicted octanol–water partition coefficient (Wildman–Crippen LogP) is 2.41. The van der Waals surface area contributed by atoms with E-state index in [9.17, 15) is 0 Å². The van der Waals surface area contributed by atoms with E-state index in [4.69, 9.17) is 0 Å². The van der Waals surface area contributed by atoms with Gasteiger partial charge in [-0.05, 0) is 12.8 Å². The Morgan fingerprint density at radius 3 is 2.00 bits per heavy atom. The first kappa shape index (κ1) is 12.2. The molecule has 0 bridgehead atoms. The number of hydrogen-bond donors (Lipinski definition) is 1. The van der Waals surface area contributed by atoms with Gasteiger partial charge in [0.25, 0.3) is 0 Å². The van der Waals surface area contributed by atoms with E-state index < -0.39 is 0 Å². The molecule has 0 aliphatic heterocycles. The smallest absolute Gasteiger partial charge is 0.0858 e. The average molecular weight is 181 g/mol. The molecule has 0 unspecified atom stereocenters. The minimum atomic E-state index is 0.431. The van der Waals surface area contributed by atoms with Gasteiger partial charge in [-0.15, -0.1) is 18.4 Å². The molecule has 0 saturated heterocycles. The lowest BCUT2D eigenvalue weighted by Gasteiger charge is -1.97. The third kappa shape index (κ3) is 11.2. The van der Waals surface area contributed by atoms with Crippen molar-refractivity contribution < 1.29 is 4.84 Å². The highest BCUT2D eigenvalue weighted by atomic mass is 16.6. The standard InChI is InChI=1S/C8H12.C3H7NO/c1-2-4-6-8-7-5-3-1;1-2-3-5-4/h1-6H2;2H,1,3-4H2. The van der Waals surface area contributed by atoms with Gasteiger partial charge in [0.1, 0.15) is 0 Å². The third-order valence-corrected chi connectivity index (χ3v) is 1.69. The molecule has 0 heterocycles. The highest BCUT2D eigenvalue weighted by molar-refractivity contribution is 4.99. The zero-order valence-electron chi connectivity index (χ0n) is 8.22. The summed E-state index contributed by atoms with van der Waals surface area (Å²) in [7, 11) is 0. The Morgan fingerprint density at radius 1 is 1.15 bits per heavy atom. The van der Waals surface area contributed by atoms with E-state index in [1.807, 2.05) is 0 Å². The minimum Gasteiger partial charge on any atom is -0.300 e. The summed E-state index contributed by atoms with van der Waals surface area (Å²) in [5.41, 5.74) is 0. The monoisotopic (exact) mass is 181 g/mol. The molecule has 1 rings (SSSR count). The quantitative estimate of drug-likeness (QED) is 0.403. The summed E-state index contributed by atoms with van der Waals surface area (Å²) in [6.07, 6.45) is 9.31. The van der Waals surface area contributed by atoms with Crippen molar-refractivity contribution in [2.75, 3.05) is 6.61 Å². The molecule has 0 radical (unpaired) electrons. The van der Waals surface area contributed by atoms with Gasteiger partial charge in [0.05, 0.1) is 6.61 Å². The van der Waals surface area contributed by atoms with Gasteiger partial charge < -0.3 is 4.84 Å². The van der Waals surface area contributed by atoms with E-state index in [2.05, 4.69) is 29.2 Å². The van der Waals surface area contributed by atoms with Gasteiger partial charge in [0.15, 0.2) is 0 Å². The van der Waals surface area contributed by atoms with E-state index >= 15 is 0 Å². The second-order valence-electron chi connectivity index (χ2n) is 2.89. The molecule has 0 fully saturated rings. The summed E-state index contributed by atoms with van der Waals surface area (Å²) in [5.74, 6) is 10.8. The topological polar surface area (TPSA) is 35.2 Å². The largest absolute Gasteiger partial charge is 0.300 e. The summed E-state index contributed by atoms with van der Waals surface area (Å²) in [5, 5.41) is 0. The number of rotatable bonds is 2. The lowest BCUT2D eigenvalue weighted by Crippen LogP contribution is -1.96. The molecular formula is C11H19NO. The van der Waals surface area contributed by atoms with Crippen molar-refractivity contribution in [3.8, 4) is 11.8 Å². The van der Waals surface area contributed by atoms with E-state index in [1.165, 1.54) is 25.7 Å². The summed E-state index contributed by atoms with van der Waals surface area (Å²) in [6.45, 7) is 3.78. The molecular weight excluding hydrogens is 162 g/mol. The van der Waals surface area contributed by atoms with Crippen molar-refractivity contribution in [1.82, 2.24) is 0 Å². The predicted molar refractivity (Wildman–Crippen MR) is 55.8 cm³/mol. The van der Waals surface area contributed by atoms with Crippen molar-refractivity contribution in [1.29, 1.82) is 0 Å². The molecule has 0 aromatic heterocycles. The van der Waals surface area contributed by atoms with Crippen LogP contribution in [0.4, 0.5) is 0 Å². The van der Waals surface area contributed by atoms with Crippen molar-refractivity contribution in [3.63, 3.8) is 0 Å². The molecule has 2 N–H and O–H groups in total. The molecule has 13 heavy (non-hydrogen) atoms. The van der Waals surface area contributed by atoms with E-state index in [0.29, 0.717) is 6.61 Å². The van der Waals surface area contributed by atoms with Gasteiger partial charge >= 0.3 is 0 Å². The van der Waals surface area contributed by atoms with Crippen LogP contribution in [-0.2, 0) is 4.84 Å². The van der Waals surface area contributed by atoms with E-state index in [0.717, 1.165) is 12.8 Å². The molecule has 1 aliphatic carbocycles. The van der Waals surface area contributed by atoms with Gasteiger partial charge in [0.2, 0.25) is 0 Å². The van der Waals surface area contributed by atoms with Crippen LogP contribution in [0, 0.1) is 11.8 Å². The summed E-state index contributed by atoms with van der Waals surface area (Å²) < 4.78 is 0. The Morgan fingerprint density at radius 2 is 1.69 bits per heavy atom. The fourth-order valence-corrected chi connectivity index (χ4v) is 1.03. The van der Waals surface area contributed by atoms with Gasteiger partial charge in [0, 0.05) is 12.8 Å². The molecule has 0 aromatic rings. The van der Waals surface area contributed by atoms with E-state index in [1.54, 1.807) is 6.08 Å². The maximum Gasteiger partial charge on any atom is 0.0858 e. The zero-order valence-corrected chi connectivity index (χ0v) is 8.22. The normalized spacial score (nSPS) is 15.2. The van der Waals surface area contributed by atoms with Gasteiger partial charge in [-0.25, -0.2) is 5.90 Å². The number of nitrogens with two attached hydrogens (primary N) is 1. The van der Waals surface area contributed by atoms with Crippen LogP contribution in [0.5, 0.6) is 0 Å². The maximum atomic E-state index is 4.57. The van der Waals surface area contributed by atoms with Crippen LogP contribution in [-0.4, -0.2) is 6.61 Å². The first-order valence-corrected chi connectivity index (χ1v) is 4.80. The van der Waals surface area contributed by atoms with Crippen LogP contribution in [0.3, 0.4) is 0 Å². The highest BCUT2D eigenvalue weighted by Crippen LogP contribution is 2.06. The van der Waals surface area contributed by atoms with E-state index in [-0.39, 0.29) is 0 Å². The van der Waals surface area contributed by atoms with Crippen molar-refractivity contribution in [2.24, 2.45) is 5.90 Å². The molecule has 0 amide bonds. The Kier molecular flexibility index (Phi) is 10.5. The average Bonchev–Trinajstić information content (AvgIpc) is 2.05. The zero-order chi connectivity index (χ0) is 9.78. The number of hydrogen-bond acceptors (Lipinski definition) is 2. The van der Waals surface area contributed by atoms with Crippen molar-refractivity contribution in [3.05, 3.63) is 12.7 Å². The van der Waals surface area contributed by atoms with Crippen LogP contribution in [0.2, 0.25) is 0 Å². The Balaban J connectivity index is 0.000000252. The molecule has 74 valence electrons. The molecule has 0 aromatic carbocycles. The van der Waals surface area contributed by atoms with Crippen LogP contribution < -0.4 is 5.90 Å². The second kappa shape index (κ2) is 11.2. The Bertz CT molecular complexity index is 155. The molecule has 0 spiro atoms. The first-order valence-electron chi connectivity index (χ1n) is 4.80. The maximum absolute atomic E-state index is 4.57. The van der Waals surface area contributed by atoms with Crippen LogP contribution in [0.25, 0.3) is 0 Å². The summed E-state index contributed by atoms with van der Waals surface area (Å²) in [6, 6.07) is 0. The molecule has 0 saturated carbocycles. The van der Waals surface area contributed by atoms with Crippen LogP contribution in [0.1, 0.15) is 38.5 Å². The van der Waals surface area contributed by atoms with Crippen LogP contribution >= 0.6 is 0 Å². The lowest BCUT2D eigenvalue weighted by atomic mass is 10.1. The SMILES string of the molecule is C1#CCCCCCC1.C=CCON. The Labute approximate surface area is 81.1 Å². The third-order valence-electron chi connectivity index (χ3n) is 1.69. The lowest BCUT2D eigenvalue weighted by molar-refractivity contribution is 0.168. The van der Waals surface area contributed by atoms with Crippen molar-refractivity contribution >= 4 is 0 Å². The molecule has 2 heteroatoms. The fourth-order valence-electron chi connectivity index (χ4n) is 1.03. The summed E-state index contributed by atoms with van der Waals surface area (Å²) >= 11 is 0. The van der Waals surface area contributed by atoms with Gasteiger partial charge in [-0.3, -0.25) is 0 Å². The molecule has 0 atom stereocenters. The molecule has 1 aliphatic rings. The highest BCUT2D eigenvalue weighted by Gasteiger charge is 1.89. The van der Waals surface area contributed by atoms with Gasteiger partial charge in [-0.2, -0.15) is 0 Å². The fraction of sp³-hybridized carbons (Fsp3) is 0.636. The Hall–Kier alpha value is -0.780. The van der Waals surface area contributed by atoms with Crippen LogP contribution in [0.15, 0.2) is 12.7 Å². The molecule has 2 nitrogen and oxygen atoms in total.